The minimum Gasteiger partial charge on any atom is -0.395 e. The molecule has 2 heterocycles. The topological polar surface area (TPSA) is 31.4 Å². The van der Waals surface area contributed by atoms with E-state index in [1.807, 2.05) is 0 Å². The zero-order valence-electron chi connectivity index (χ0n) is 8.01. The molecule has 88 valence electrons. The molecule has 0 spiro atoms. The van der Waals surface area contributed by atoms with Gasteiger partial charge in [0.25, 0.3) is 0 Å². The summed E-state index contributed by atoms with van der Waals surface area (Å²) in [6.45, 7) is 0. The molecule has 1 aromatic heterocycles. The van der Waals surface area contributed by atoms with Crippen molar-refractivity contribution in [1.29, 1.82) is 0 Å². The normalized spacial score (nSPS) is 16.5. The van der Waals surface area contributed by atoms with Crippen LogP contribution in [0, 0.1) is 0 Å². The molecule has 17 heavy (non-hydrogen) atoms. The van der Waals surface area contributed by atoms with Crippen molar-refractivity contribution >= 4 is 34.1 Å². The number of pyridine rings is 1. The molecule has 1 aromatic carbocycles. The van der Waals surface area contributed by atoms with Crippen molar-refractivity contribution < 1.29 is 18.3 Å². The first-order valence-electron chi connectivity index (χ1n) is 4.50. The van der Waals surface area contributed by atoms with E-state index in [-0.39, 0.29) is 21.5 Å². The first-order chi connectivity index (χ1) is 7.96. The zero-order valence-corrected chi connectivity index (χ0v) is 9.52. The smallest absolute Gasteiger partial charge is 0.395 e. The van der Waals surface area contributed by atoms with E-state index >= 15 is 0 Å². The average Bonchev–Trinajstić information content (AvgIpc) is 2.54. The summed E-state index contributed by atoms with van der Waals surface area (Å²) in [5.74, 6) is -0.165. The molecule has 2 aromatic rings. The molecule has 1 aliphatic rings. The number of rotatable bonds is 0. The van der Waals surface area contributed by atoms with E-state index in [0.717, 1.165) is 0 Å². The predicted octanol–water partition coefficient (Wildman–Crippen LogP) is 3.86. The highest BCUT2D eigenvalue weighted by atomic mass is 35.5. The number of halogens is 4. The van der Waals surface area contributed by atoms with Crippen molar-refractivity contribution in [2.45, 2.75) is 6.29 Å². The molecule has 7 heteroatoms. The van der Waals surface area contributed by atoms with E-state index in [1.54, 1.807) is 0 Å². The third-order valence-electron chi connectivity index (χ3n) is 2.28. The largest absolute Gasteiger partial charge is 0.586 e. The zero-order chi connectivity index (χ0) is 12.2. The van der Waals surface area contributed by atoms with E-state index in [0.29, 0.717) is 10.9 Å². The van der Waals surface area contributed by atoms with Gasteiger partial charge in [0, 0.05) is 17.6 Å². The fourth-order valence-electron chi connectivity index (χ4n) is 1.58. The second kappa shape index (κ2) is 3.34. The van der Waals surface area contributed by atoms with Gasteiger partial charge in [-0.25, -0.2) is 0 Å². The fourth-order valence-corrected chi connectivity index (χ4v) is 1.93. The van der Waals surface area contributed by atoms with Crippen LogP contribution in [0.5, 0.6) is 11.5 Å². The maximum atomic E-state index is 12.8. The number of hydrogen-bond acceptors (Lipinski definition) is 3. The van der Waals surface area contributed by atoms with Crippen LogP contribution in [0.4, 0.5) is 8.78 Å². The van der Waals surface area contributed by atoms with E-state index in [4.69, 9.17) is 23.2 Å². The van der Waals surface area contributed by atoms with Crippen molar-refractivity contribution in [2.24, 2.45) is 0 Å². The van der Waals surface area contributed by atoms with Crippen LogP contribution in [0.25, 0.3) is 10.9 Å². The lowest BCUT2D eigenvalue weighted by Crippen LogP contribution is -2.25. The molecule has 3 rings (SSSR count). The Morgan fingerprint density at radius 3 is 2.47 bits per heavy atom. The van der Waals surface area contributed by atoms with Gasteiger partial charge in [-0.15, -0.1) is 8.78 Å². The number of fused-ring (bicyclic) bond motifs is 2. The number of alkyl halides is 2. The van der Waals surface area contributed by atoms with Crippen molar-refractivity contribution in [1.82, 2.24) is 4.98 Å². The van der Waals surface area contributed by atoms with Gasteiger partial charge in [-0.1, -0.05) is 23.2 Å². The standard InChI is InChI=1S/C10H3Cl2F2NO2/c11-5-3-15-6-2-8-7(1-4(6)9(5)12)16-10(13,14)17-8/h1-3H. The molecule has 0 saturated carbocycles. The Labute approximate surface area is 104 Å². The minimum absolute atomic E-state index is 0.0756. The molecule has 0 aliphatic carbocycles. The summed E-state index contributed by atoms with van der Waals surface area (Å²) in [4.78, 5) is 3.97. The number of benzene rings is 1. The molecule has 0 fully saturated rings. The van der Waals surface area contributed by atoms with Gasteiger partial charge in [0.05, 0.1) is 15.6 Å². The molecule has 0 atom stereocenters. The third-order valence-corrected chi connectivity index (χ3v) is 3.07. The van der Waals surface area contributed by atoms with E-state index in [2.05, 4.69) is 14.5 Å². The van der Waals surface area contributed by atoms with E-state index < -0.39 is 6.29 Å². The van der Waals surface area contributed by atoms with Gasteiger partial charge < -0.3 is 9.47 Å². The summed E-state index contributed by atoms with van der Waals surface area (Å²) < 4.78 is 34.3. The highest BCUT2D eigenvalue weighted by Gasteiger charge is 2.43. The molecule has 3 nitrogen and oxygen atoms in total. The van der Waals surface area contributed by atoms with Crippen LogP contribution in [0.1, 0.15) is 0 Å². The molecule has 0 unspecified atom stereocenters. The van der Waals surface area contributed by atoms with Crippen LogP contribution < -0.4 is 9.47 Å². The number of hydrogen-bond donors (Lipinski definition) is 0. The Balaban J connectivity index is 2.27. The van der Waals surface area contributed by atoms with E-state index in [1.165, 1.54) is 18.3 Å². The van der Waals surface area contributed by atoms with Crippen LogP contribution >= 0.6 is 23.2 Å². The van der Waals surface area contributed by atoms with Crippen molar-refractivity contribution in [2.75, 3.05) is 0 Å². The average molecular weight is 278 g/mol. The number of ether oxygens (including phenoxy) is 2. The molecular formula is C10H3Cl2F2NO2. The summed E-state index contributed by atoms with van der Waals surface area (Å²) in [6.07, 6.45) is -2.32. The summed E-state index contributed by atoms with van der Waals surface area (Å²) in [5.41, 5.74) is 0.402. The van der Waals surface area contributed by atoms with Gasteiger partial charge in [0.1, 0.15) is 0 Å². The van der Waals surface area contributed by atoms with Crippen LogP contribution in [-0.2, 0) is 0 Å². The Hall–Kier alpha value is -1.33. The lowest BCUT2D eigenvalue weighted by Gasteiger charge is -2.04. The van der Waals surface area contributed by atoms with Crippen molar-refractivity contribution in [3.63, 3.8) is 0 Å². The van der Waals surface area contributed by atoms with Gasteiger partial charge in [-0.05, 0) is 6.07 Å². The number of nitrogens with zero attached hydrogens (tertiary/aromatic N) is 1. The molecule has 0 N–H and O–H groups in total. The summed E-state index contributed by atoms with van der Waals surface area (Å²) in [7, 11) is 0. The van der Waals surface area contributed by atoms with Crippen LogP contribution in [-0.4, -0.2) is 11.3 Å². The lowest BCUT2D eigenvalue weighted by atomic mass is 10.2. The molecular weight excluding hydrogens is 275 g/mol. The van der Waals surface area contributed by atoms with Gasteiger partial charge in [0.2, 0.25) is 0 Å². The summed E-state index contributed by atoms with van der Waals surface area (Å²) in [5, 5.41) is 0.905. The quantitative estimate of drug-likeness (QED) is 0.733. The Kier molecular flexibility index (Phi) is 2.12. The molecule has 0 amide bonds. The monoisotopic (exact) mass is 277 g/mol. The predicted molar refractivity (Wildman–Crippen MR) is 58.0 cm³/mol. The molecule has 0 radical (unpaired) electrons. The van der Waals surface area contributed by atoms with Crippen molar-refractivity contribution in [3.05, 3.63) is 28.4 Å². The maximum absolute atomic E-state index is 12.8. The first-order valence-corrected chi connectivity index (χ1v) is 5.25. The van der Waals surface area contributed by atoms with Crippen LogP contribution in [0.2, 0.25) is 10.0 Å². The Morgan fingerprint density at radius 2 is 1.76 bits per heavy atom. The molecule has 0 saturated heterocycles. The first kappa shape index (κ1) is 10.8. The Bertz CT molecular complexity index is 633. The highest BCUT2D eigenvalue weighted by molar-refractivity contribution is 6.45. The van der Waals surface area contributed by atoms with Gasteiger partial charge in [0.15, 0.2) is 11.5 Å². The van der Waals surface area contributed by atoms with Crippen molar-refractivity contribution in [3.8, 4) is 11.5 Å². The fraction of sp³-hybridized carbons (Fsp3) is 0.100. The lowest BCUT2D eigenvalue weighted by molar-refractivity contribution is -0.286. The minimum atomic E-state index is -3.66. The van der Waals surface area contributed by atoms with Gasteiger partial charge >= 0.3 is 6.29 Å². The van der Waals surface area contributed by atoms with E-state index in [9.17, 15) is 8.78 Å². The molecule has 1 aliphatic heterocycles. The highest BCUT2D eigenvalue weighted by Crippen LogP contribution is 2.44. The Morgan fingerprint density at radius 1 is 1.12 bits per heavy atom. The van der Waals surface area contributed by atoms with Crippen LogP contribution in [0.3, 0.4) is 0 Å². The second-order valence-corrected chi connectivity index (χ2v) is 4.19. The maximum Gasteiger partial charge on any atom is 0.586 e. The summed E-state index contributed by atoms with van der Waals surface area (Å²) in [6, 6.07) is 2.65. The third kappa shape index (κ3) is 1.66. The number of aromatic nitrogens is 1. The van der Waals surface area contributed by atoms with Crippen LogP contribution in [0.15, 0.2) is 18.3 Å². The summed E-state index contributed by atoms with van der Waals surface area (Å²) >= 11 is 11.7. The molecule has 0 bridgehead atoms. The van der Waals surface area contributed by atoms with Gasteiger partial charge in [-0.2, -0.15) is 0 Å². The SMILES string of the molecule is FC1(F)Oc2cc3ncc(Cl)c(Cl)c3cc2O1. The van der Waals surface area contributed by atoms with Gasteiger partial charge in [-0.3, -0.25) is 4.98 Å². The second-order valence-electron chi connectivity index (χ2n) is 3.40.